The molecule has 11 heteroatoms. The highest BCUT2D eigenvalue weighted by molar-refractivity contribution is 7.17. The lowest BCUT2D eigenvalue weighted by molar-refractivity contribution is -0.141. The second-order valence-electron chi connectivity index (χ2n) is 10.8. The van der Waals surface area contributed by atoms with Crippen molar-refractivity contribution in [2.24, 2.45) is 0 Å². The van der Waals surface area contributed by atoms with E-state index < -0.39 is 28.7 Å². The molecule has 7 nitrogen and oxygen atoms in total. The van der Waals surface area contributed by atoms with E-state index in [2.05, 4.69) is 38.9 Å². The average Bonchev–Trinajstić information content (AvgIpc) is 3.38. The maximum atomic E-state index is 14.1. The van der Waals surface area contributed by atoms with Crippen molar-refractivity contribution in [3.05, 3.63) is 64.3 Å². The first kappa shape index (κ1) is 30.9. The molecule has 3 aromatic rings. The lowest BCUT2D eigenvalue weighted by Crippen LogP contribution is -2.45. The maximum absolute atomic E-state index is 14.1. The van der Waals surface area contributed by atoms with Crippen LogP contribution in [0.5, 0.6) is 0 Å². The number of anilines is 1. The molecule has 0 radical (unpaired) electrons. The molecule has 1 N–H and O–H groups in total. The second kappa shape index (κ2) is 12.9. The van der Waals surface area contributed by atoms with E-state index in [0.29, 0.717) is 12.2 Å². The van der Waals surface area contributed by atoms with Crippen molar-refractivity contribution in [2.45, 2.75) is 78.6 Å². The Kier molecular flexibility index (Phi) is 9.71. The Balaban J connectivity index is 1.60. The van der Waals surface area contributed by atoms with Crippen LogP contribution in [0.25, 0.3) is 10.7 Å². The molecule has 0 spiro atoms. The van der Waals surface area contributed by atoms with E-state index in [9.17, 15) is 18.0 Å². The number of alkyl halides is 3. The third-order valence-electron chi connectivity index (χ3n) is 7.21. The number of morpholine rings is 1. The van der Waals surface area contributed by atoms with E-state index in [1.807, 2.05) is 51.1 Å². The Bertz CT molecular complexity index is 1340. The zero-order valence-corrected chi connectivity index (χ0v) is 25.1. The van der Waals surface area contributed by atoms with Crippen molar-refractivity contribution in [1.29, 1.82) is 0 Å². The van der Waals surface area contributed by atoms with Crippen molar-refractivity contribution in [3.63, 3.8) is 0 Å². The number of pyridine rings is 1. The molecule has 222 valence electrons. The van der Waals surface area contributed by atoms with Gasteiger partial charge in [0, 0.05) is 37.6 Å². The summed E-state index contributed by atoms with van der Waals surface area (Å²) in [5.74, 6) is -0.817. The summed E-state index contributed by atoms with van der Waals surface area (Å²) in [4.78, 5) is 25.5. The van der Waals surface area contributed by atoms with Crippen LogP contribution < -0.4 is 10.2 Å². The fourth-order valence-corrected chi connectivity index (χ4v) is 6.15. The number of thiazole rings is 1. The van der Waals surface area contributed by atoms with E-state index >= 15 is 0 Å². The van der Waals surface area contributed by atoms with Gasteiger partial charge in [-0.05, 0) is 70.5 Å². The molecule has 1 aliphatic heterocycles. The minimum absolute atomic E-state index is 0.0723. The van der Waals surface area contributed by atoms with Gasteiger partial charge >= 0.3 is 6.18 Å². The predicted octanol–water partition coefficient (Wildman–Crippen LogP) is 6.56. The maximum Gasteiger partial charge on any atom is 0.435 e. The monoisotopic (exact) mass is 589 g/mol. The Hall–Kier alpha value is -3.02. The van der Waals surface area contributed by atoms with Gasteiger partial charge in [-0.1, -0.05) is 25.1 Å². The number of hydrogen-bond acceptors (Lipinski definition) is 7. The SMILES string of the molecule is CCN(Cc1cccnc1-c1nc(C(F)(F)F)c(C(=O)NC(C)c2cccc(N3C[C@@H](C)O[C@@H](C)C3)c2)s1)C(C)C. The molecular formula is C30H38F3N5O2S. The first-order valence-electron chi connectivity index (χ1n) is 13.9. The number of hydrogen-bond donors (Lipinski definition) is 1. The number of benzene rings is 1. The highest BCUT2D eigenvalue weighted by Gasteiger charge is 2.40. The van der Waals surface area contributed by atoms with E-state index in [-0.39, 0.29) is 23.3 Å². The number of carbonyl (C=O) groups is 1. The molecule has 1 aromatic carbocycles. The lowest BCUT2D eigenvalue weighted by Gasteiger charge is -2.37. The molecule has 0 bridgehead atoms. The summed E-state index contributed by atoms with van der Waals surface area (Å²) in [6, 6.07) is 11.0. The van der Waals surface area contributed by atoms with Gasteiger partial charge < -0.3 is 15.0 Å². The zero-order chi connectivity index (χ0) is 29.9. The summed E-state index contributed by atoms with van der Waals surface area (Å²) in [7, 11) is 0. The summed E-state index contributed by atoms with van der Waals surface area (Å²) >= 11 is 0.722. The number of ether oxygens (including phenoxy) is 1. The molecule has 1 fully saturated rings. The van der Waals surface area contributed by atoms with Crippen LogP contribution in [-0.4, -0.2) is 58.7 Å². The van der Waals surface area contributed by atoms with Crippen molar-refractivity contribution >= 4 is 22.9 Å². The van der Waals surface area contributed by atoms with Gasteiger partial charge in [0.2, 0.25) is 0 Å². The molecule has 0 saturated carbocycles. The molecule has 4 rings (SSSR count). The first-order chi connectivity index (χ1) is 19.4. The average molecular weight is 590 g/mol. The van der Waals surface area contributed by atoms with Gasteiger partial charge in [-0.15, -0.1) is 11.3 Å². The number of aromatic nitrogens is 2. The second-order valence-corrected chi connectivity index (χ2v) is 11.8. The molecule has 3 heterocycles. The molecule has 1 saturated heterocycles. The summed E-state index contributed by atoms with van der Waals surface area (Å²) in [6.07, 6.45) is -3.10. The fraction of sp³-hybridized carbons (Fsp3) is 0.500. The molecule has 3 atom stereocenters. The Labute approximate surface area is 243 Å². The third kappa shape index (κ3) is 7.44. The number of nitrogens with zero attached hydrogens (tertiary/aromatic N) is 4. The van der Waals surface area contributed by atoms with Crippen molar-refractivity contribution in [2.75, 3.05) is 24.5 Å². The molecule has 2 aromatic heterocycles. The highest BCUT2D eigenvalue weighted by Crippen LogP contribution is 2.38. The summed E-state index contributed by atoms with van der Waals surface area (Å²) < 4.78 is 48.2. The van der Waals surface area contributed by atoms with Crippen LogP contribution in [0.2, 0.25) is 0 Å². The van der Waals surface area contributed by atoms with Crippen molar-refractivity contribution in [1.82, 2.24) is 20.2 Å². The van der Waals surface area contributed by atoms with Gasteiger partial charge in [0.15, 0.2) is 5.69 Å². The lowest BCUT2D eigenvalue weighted by atomic mass is 10.1. The molecule has 1 aliphatic rings. The van der Waals surface area contributed by atoms with Crippen LogP contribution in [0, 0.1) is 0 Å². The number of carbonyl (C=O) groups excluding carboxylic acids is 1. The van der Waals surface area contributed by atoms with Gasteiger partial charge in [0.25, 0.3) is 5.91 Å². The topological polar surface area (TPSA) is 70.6 Å². The van der Waals surface area contributed by atoms with Crippen molar-refractivity contribution < 1.29 is 22.7 Å². The van der Waals surface area contributed by atoms with Gasteiger partial charge in [0.05, 0.1) is 18.2 Å². The summed E-state index contributed by atoms with van der Waals surface area (Å²) in [5.41, 5.74) is 1.69. The molecule has 0 aliphatic carbocycles. The normalized spacial score (nSPS) is 18.7. The predicted molar refractivity (Wildman–Crippen MR) is 156 cm³/mol. The van der Waals surface area contributed by atoms with E-state index in [4.69, 9.17) is 4.74 Å². The zero-order valence-electron chi connectivity index (χ0n) is 24.3. The summed E-state index contributed by atoms with van der Waals surface area (Å²) in [6.45, 7) is 14.7. The van der Waals surface area contributed by atoms with Gasteiger partial charge in [-0.3, -0.25) is 14.7 Å². The number of halogens is 3. The van der Waals surface area contributed by atoms with Crippen LogP contribution in [0.1, 0.15) is 74.1 Å². The van der Waals surface area contributed by atoms with E-state index in [1.165, 1.54) is 6.20 Å². The number of amides is 1. The minimum atomic E-state index is -4.80. The Morgan fingerprint density at radius 2 is 1.88 bits per heavy atom. The van der Waals surface area contributed by atoms with Gasteiger partial charge in [-0.25, -0.2) is 4.98 Å². The largest absolute Gasteiger partial charge is 0.435 e. The molecular weight excluding hydrogens is 551 g/mol. The van der Waals surface area contributed by atoms with Crippen LogP contribution >= 0.6 is 11.3 Å². The van der Waals surface area contributed by atoms with Crippen molar-refractivity contribution in [3.8, 4) is 10.7 Å². The standard InChI is InChI=1S/C30H38F3N5O2S/c1-7-37(18(2)3)17-23-11-9-13-34-25(23)29-36-27(30(31,32)33)26(41-29)28(39)35-21(6)22-10-8-12-24(14-22)38-15-19(4)40-20(5)16-38/h8-14,18-21H,7,15-17H2,1-6H3,(H,35,39)/t19-,20+,21?. The smallest absolute Gasteiger partial charge is 0.372 e. The molecule has 1 amide bonds. The Morgan fingerprint density at radius 1 is 1.17 bits per heavy atom. The molecule has 41 heavy (non-hydrogen) atoms. The van der Waals surface area contributed by atoms with E-state index in [0.717, 1.165) is 47.8 Å². The number of rotatable bonds is 9. The van der Waals surface area contributed by atoms with Gasteiger partial charge in [0.1, 0.15) is 15.6 Å². The minimum Gasteiger partial charge on any atom is -0.372 e. The first-order valence-corrected chi connectivity index (χ1v) is 14.8. The van der Waals surface area contributed by atoms with Crippen LogP contribution in [0.4, 0.5) is 18.9 Å². The van der Waals surface area contributed by atoms with E-state index in [1.54, 1.807) is 13.0 Å². The van der Waals surface area contributed by atoms with Crippen LogP contribution in [0.3, 0.4) is 0 Å². The quantitative estimate of drug-likeness (QED) is 0.305. The van der Waals surface area contributed by atoms with Crippen LogP contribution in [-0.2, 0) is 17.5 Å². The number of nitrogens with one attached hydrogen (secondary N) is 1. The third-order valence-corrected chi connectivity index (χ3v) is 8.27. The fourth-order valence-electron chi connectivity index (χ4n) is 5.13. The summed E-state index contributed by atoms with van der Waals surface area (Å²) in [5, 5.41) is 2.84. The highest BCUT2D eigenvalue weighted by atomic mass is 32.1. The van der Waals surface area contributed by atoms with Gasteiger partial charge in [-0.2, -0.15) is 13.2 Å². The Morgan fingerprint density at radius 3 is 2.51 bits per heavy atom. The molecule has 1 unspecified atom stereocenters. The van der Waals surface area contributed by atoms with Crippen LogP contribution in [0.15, 0.2) is 42.6 Å².